The zero-order valence-corrected chi connectivity index (χ0v) is 14.2. The first-order chi connectivity index (χ1) is 11.6. The molecule has 1 N–H and O–H groups in total. The van der Waals surface area contributed by atoms with Gasteiger partial charge in [-0.3, -0.25) is 9.59 Å². The Balaban J connectivity index is 1.86. The molecule has 0 bridgehead atoms. The average molecular weight is 331 g/mol. The number of nitrogens with zero attached hydrogens (tertiary/aromatic N) is 1. The summed E-state index contributed by atoms with van der Waals surface area (Å²) in [7, 11) is 1.63. The summed E-state index contributed by atoms with van der Waals surface area (Å²) in [5.41, 5.74) is 0.537. The van der Waals surface area contributed by atoms with Gasteiger partial charge in [-0.2, -0.15) is 0 Å². The third-order valence-electron chi connectivity index (χ3n) is 5.57. The second-order valence-corrected chi connectivity index (χ2v) is 6.95. The summed E-state index contributed by atoms with van der Waals surface area (Å²) >= 11 is 0. The van der Waals surface area contributed by atoms with Crippen LogP contribution in [0.1, 0.15) is 44.1 Å². The Labute approximate surface area is 142 Å². The number of ether oxygens (including phenoxy) is 1. The molecule has 1 saturated carbocycles. The number of likely N-dealkylation sites (tertiary alicyclic amines) is 1. The Bertz CT molecular complexity index is 604. The molecule has 1 unspecified atom stereocenters. The molecule has 5 nitrogen and oxygen atoms in total. The van der Waals surface area contributed by atoms with Gasteiger partial charge in [0.05, 0.1) is 18.4 Å². The number of hydrogen-bond acceptors (Lipinski definition) is 3. The second kappa shape index (κ2) is 6.83. The first-order valence-corrected chi connectivity index (χ1v) is 8.73. The molecule has 1 aromatic carbocycles. The van der Waals surface area contributed by atoms with E-state index in [-0.39, 0.29) is 5.91 Å². The number of carboxylic acid groups (broad SMARTS) is 1. The van der Waals surface area contributed by atoms with Crippen molar-refractivity contribution in [3.8, 4) is 5.75 Å². The SMILES string of the molecule is COc1ccc(C2(C(=O)N3CCCC(C(=O)O)C3)CCCC2)cc1. The third kappa shape index (κ3) is 2.99. The van der Waals surface area contributed by atoms with Gasteiger partial charge in [0, 0.05) is 13.1 Å². The number of benzene rings is 1. The smallest absolute Gasteiger partial charge is 0.308 e. The van der Waals surface area contributed by atoms with E-state index in [1.165, 1.54) is 0 Å². The van der Waals surface area contributed by atoms with E-state index in [4.69, 9.17) is 4.74 Å². The maximum atomic E-state index is 13.3. The summed E-state index contributed by atoms with van der Waals surface area (Å²) < 4.78 is 5.22. The van der Waals surface area contributed by atoms with E-state index in [2.05, 4.69) is 0 Å². The second-order valence-electron chi connectivity index (χ2n) is 6.95. The van der Waals surface area contributed by atoms with E-state index in [1.54, 1.807) is 12.0 Å². The maximum Gasteiger partial charge on any atom is 0.308 e. The van der Waals surface area contributed by atoms with Crippen LogP contribution in [0.5, 0.6) is 5.75 Å². The summed E-state index contributed by atoms with van der Waals surface area (Å²) in [6.07, 6.45) is 5.18. The van der Waals surface area contributed by atoms with Crippen molar-refractivity contribution in [3.05, 3.63) is 29.8 Å². The molecule has 130 valence electrons. The summed E-state index contributed by atoms with van der Waals surface area (Å²) in [4.78, 5) is 26.4. The molecule has 1 atom stereocenters. The van der Waals surface area contributed by atoms with Gasteiger partial charge in [0.2, 0.25) is 5.91 Å². The molecule has 1 aliphatic carbocycles. The highest BCUT2D eigenvalue weighted by atomic mass is 16.5. The number of carbonyl (C=O) groups is 2. The van der Waals surface area contributed by atoms with Crippen molar-refractivity contribution in [2.75, 3.05) is 20.2 Å². The average Bonchev–Trinajstić information content (AvgIpc) is 3.12. The standard InChI is InChI=1S/C19H25NO4/c1-24-16-8-6-15(7-9-16)19(10-2-3-11-19)18(23)20-12-4-5-14(13-20)17(21)22/h6-9,14H,2-5,10-13H2,1H3,(H,21,22). The fourth-order valence-electron chi connectivity index (χ4n) is 4.18. The Hall–Kier alpha value is -2.04. The summed E-state index contributed by atoms with van der Waals surface area (Å²) in [6, 6.07) is 7.78. The van der Waals surface area contributed by atoms with Crippen molar-refractivity contribution in [3.63, 3.8) is 0 Å². The first-order valence-electron chi connectivity index (χ1n) is 8.73. The van der Waals surface area contributed by atoms with E-state index < -0.39 is 17.3 Å². The van der Waals surface area contributed by atoms with Crippen LogP contribution in [0, 0.1) is 5.92 Å². The quantitative estimate of drug-likeness (QED) is 0.921. The predicted molar refractivity (Wildman–Crippen MR) is 90.1 cm³/mol. The minimum absolute atomic E-state index is 0.108. The van der Waals surface area contributed by atoms with Crippen molar-refractivity contribution in [2.24, 2.45) is 5.92 Å². The molecule has 2 aliphatic rings. The minimum Gasteiger partial charge on any atom is -0.497 e. The van der Waals surface area contributed by atoms with E-state index in [1.807, 2.05) is 24.3 Å². The predicted octanol–water partition coefficient (Wildman–Crippen LogP) is 2.83. The topological polar surface area (TPSA) is 66.8 Å². The monoisotopic (exact) mass is 331 g/mol. The van der Waals surface area contributed by atoms with E-state index >= 15 is 0 Å². The molecule has 0 radical (unpaired) electrons. The molecule has 5 heteroatoms. The lowest BCUT2D eigenvalue weighted by Crippen LogP contribution is -2.50. The highest BCUT2D eigenvalue weighted by Crippen LogP contribution is 2.43. The number of hydrogen-bond donors (Lipinski definition) is 1. The van der Waals surface area contributed by atoms with Gasteiger partial charge in [-0.25, -0.2) is 0 Å². The normalized spacial score (nSPS) is 23.0. The molecular weight excluding hydrogens is 306 g/mol. The lowest BCUT2D eigenvalue weighted by molar-refractivity contribution is -0.147. The fourth-order valence-corrected chi connectivity index (χ4v) is 4.18. The van der Waals surface area contributed by atoms with E-state index in [9.17, 15) is 14.7 Å². The third-order valence-corrected chi connectivity index (χ3v) is 5.57. The van der Waals surface area contributed by atoms with Gasteiger partial charge >= 0.3 is 5.97 Å². The van der Waals surface area contributed by atoms with Crippen LogP contribution < -0.4 is 4.74 Å². The minimum atomic E-state index is -0.794. The van der Waals surface area contributed by atoms with Crippen molar-refractivity contribution in [2.45, 2.75) is 43.9 Å². The number of rotatable bonds is 4. The van der Waals surface area contributed by atoms with Crippen LogP contribution in [-0.2, 0) is 15.0 Å². The van der Waals surface area contributed by atoms with Crippen molar-refractivity contribution in [1.82, 2.24) is 4.90 Å². The Morgan fingerprint density at radius 2 is 1.83 bits per heavy atom. The molecule has 0 spiro atoms. The number of aliphatic carboxylic acids is 1. The highest BCUT2D eigenvalue weighted by molar-refractivity contribution is 5.89. The first kappa shape index (κ1) is 16.8. The zero-order valence-electron chi connectivity index (χ0n) is 14.2. The molecule has 1 saturated heterocycles. The molecule has 0 aromatic heterocycles. The molecule has 1 heterocycles. The van der Waals surface area contributed by atoms with Gasteiger partial charge in [0.1, 0.15) is 5.75 Å². The molecule has 1 amide bonds. The number of carboxylic acids is 1. The van der Waals surface area contributed by atoms with E-state index in [0.717, 1.165) is 43.4 Å². The van der Waals surface area contributed by atoms with Gasteiger partial charge in [-0.15, -0.1) is 0 Å². The summed E-state index contributed by atoms with van der Waals surface area (Å²) in [5, 5.41) is 9.29. The van der Waals surface area contributed by atoms with Gasteiger partial charge < -0.3 is 14.7 Å². The molecule has 2 fully saturated rings. The Morgan fingerprint density at radius 1 is 1.17 bits per heavy atom. The van der Waals surface area contributed by atoms with Crippen molar-refractivity contribution < 1.29 is 19.4 Å². The van der Waals surface area contributed by atoms with Crippen molar-refractivity contribution >= 4 is 11.9 Å². The van der Waals surface area contributed by atoms with Crippen LogP contribution in [0.2, 0.25) is 0 Å². The number of carbonyl (C=O) groups excluding carboxylic acids is 1. The highest BCUT2D eigenvalue weighted by Gasteiger charge is 2.46. The maximum absolute atomic E-state index is 13.3. The van der Waals surface area contributed by atoms with Gasteiger partial charge in [-0.05, 0) is 43.4 Å². The Morgan fingerprint density at radius 3 is 2.42 bits per heavy atom. The summed E-state index contributed by atoms with van der Waals surface area (Å²) in [5.74, 6) is -0.339. The zero-order chi connectivity index (χ0) is 17.2. The van der Waals surface area contributed by atoms with Gasteiger partial charge in [0.15, 0.2) is 0 Å². The lowest BCUT2D eigenvalue weighted by atomic mass is 9.77. The molecular formula is C19H25NO4. The van der Waals surface area contributed by atoms with Gasteiger partial charge in [-0.1, -0.05) is 25.0 Å². The van der Waals surface area contributed by atoms with Crippen LogP contribution in [0.3, 0.4) is 0 Å². The van der Waals surface area contributed by atoms with Crippen LogP contribution in [0.25, 0.3) is 0 Å². The number of amides is 1. The summed E-state index contributed by atoms with van der Waals surface area (Å²) in [6.45, 7) is 1.01. The van der Waals surface area contributed by atoms with E-state index in [0.29, 0.717) is 19.5 Å². The molecule has 24 heavy (non-hydrogen) atoms. The van der Waals surface area contributed by atoms with Crippen LogP contribution in [-0.4, -0.2) is 42.1 Å². The molecule has 1 aliphatic heterocycles. The van der Waals surface area contributed by atoms with Crippen LogP contribution in [0.4, 0.5) is 0 Å². The van der Waals surface area contributed by atoms with Gasteiger partial charge in [0.25, 0.3) is 0 Å². The van der Waals surface area contributed by atoms with Crippen LogP contribution >= 0.6 is 0 Å². The number of methoxy groups -OCH3 is 1. The molecule has 1 aromatic rings. The lowest BCUT2D eigenvalue weighted by Gasteiger charge is -2.38. The largest absolute Gasteiger partial charge is 0.497 e. The van der Waals surface area contributed by atoms with Crippen LogP contribution in [0.15, 0.2) is 24.3 Å². The Kier molecular flexibility index (Phi) is 4.78. The van der Waals surface area contributed by atoms with Crippen molar-refractivity contribution in [1.29, 1.82) is 0 Å². The number of piperidine rings is 1. The fraction of sp³-hybridized carbons (Fsp3) is 0.579. The molecule has 3 rings (SSSR count).